The molecular formula is C17H25N3O5S. The average molecular weight is 383 g/mol. The second kappa shape index (κ2) is 7.91. The quantitative estimate of drug-likeness (QED) is 0.779. The van der Waals surface area contributed by atoms with Gasteiger partial charge in [0.25, 0.3) is 5.91 Å². The van der Waals surface area contributed by atoms with Gasteiger partial charge < -0.3 is 19.7 Å². The fourth-order valence-electron chi connectivity index (χ4n) is 3.28. The smallest absolute Gasteiger partial charge is 0.253 e. The summed E-state index contributed by atoms with van der Waals surface area (Å²) >= 11 is 0. The van der Waals surface area contributed by atoms with Gasteiger partial charge in [0, 0.05) is 38.3 Å². The van der Waals surface area contributed by atoms with E-state index < -0.39 is 10.0 Å². The molecule has 2 saturated heterocycles. The third-order valence-electron chi connectivity index (χ3n) is 4.90. The number of nitrogens with zero attached hydrogens (tertiary/aromatic N) is 2. The minimum Gasteiger partial charge on any atom is -0.495 e. The van der Waals surface area contributed by atoms with Gasteiger partial charge in [0.1, 0.15) is 10.6 Å². The van der Waals surface area contributed by atoms with Gasteiger partial charge in [0.05, 0.1) is 20.3 Å². The Balaban J connectivity index is 1.92. The molecule has 2 fully saturated rings. The van der Waals surface area contributed by atoms with Crippen LogP contribution in [0, 0.1) is 0 Å². The summed E-state index contributed by atoms with van der Waals surface area (Å²) in [5.74, 6) is 0.0398. The van der Waals surface area contributed by atoms with Crippen molar-refractivity contribution < 1.29 is 22.7 Å². The summed E-state index contributed by atoms with van der Waals surface area (Å²) in [6, 6.07) is 4.69. The number of sulfonamides is 1. The number of rotatable bonds is 5. The Bertz CT molecular complexity index is 756. The van der Waals surface area contributed by atoms with Crippen molar-refractivity contribution in [1.29, 1.82) is 0 Å². The van der Waals surface area contributed by atoms with Gasteiger partial charge in [-0.05, 0) is 31.2 Å². The number of hydrogen-bond donors (Lipinski definition) is 1. The summed E-state index contributed by atoms with van der Waals surface area (Å²) in [4.78, 5) is 14.5. The molecule has 1 aromatic carbocycles. The molecule has 26 heavy (non-hydrogen) atoms. The minimum atomic E-state index is -3.76. The van der Waals surface area contributed by atoms with Gasteiger partial charge in [0.2, 0.25) is 10.0 Å². The number of nitrogens with one attached hydrogen (secondary N) is 1. The molecule has 1 amide bonds. The molecule has 1 N–H and O–H groups in total. The number of carbonyl (C=O) groups excluding carboxylic acids is 1. The molecule has 0 radical (unpaired) electrons. The first-order valence-electron chi connectivity index (χ1n) is 8.69. The highest BCUT2D eigenvalue weighted by molar-refractivity contribution is 7.89. The van der Waals surface area contributed by atoms with Crippen LogP contribution in [-0.2, 0) is 14.8 Å². The highest BCUT2D eigenvalue weighted by atomic mass is 32.2. The van der Waals surface area contributed by atoms with Crippen LogP contribution in [0.4, 0.5) is 0 Å². The van der Waals surface area contributed by atoms with E-state index in [1.165, 1.54) is 17.5 Å². The van der Waals surface area contributed by atoms with E-state index in [0.717, 1.165) is 19.5 Å². The summed E-state index contributed by atoms with van der Waals surface area (Å²) in [5.41, 5.74) is 0.340. The SMILES string of the molecule is COc1ccc(C(=O)N(C)C2CCNC2)cc1S(=O)(=O)N1CCOCC1. The van der Waals surface area contributed by atoms with Crippen molar-refractivity contribution in [3.63, 3.8) is 0 Å². The maximum Gasteiger partial charge on any atom is 0.253 e. The van der Waals surface area contributed by atoms with E-state index in [2.05, 4.69) is 5.32 Å². The lowest BCUT2D eigenvalue weighted by atomic mass is 10.1. The molecule has 144 valence electrons. The maximum atomic E-state index is 13.0. The zero-order valence-corrected chi connectivity index (χ0v) is 15.9. The van der Waals surface area contributed by atoms with Gasteiger partial charge in [-0.1, -0.05) is 0 Å². The molecule has 2 aliphatic rings. The van der Waals surface area contributed by atoms with Crippen LogP contribution in [0.1, 0.15) is 16.8 Å². The van der Waals surface area contributed by atoms with E-state index in [0.29, 0.717) is 18.8 Å². The van der Waals surface area contributed by atoms with E-state index in [1.807, 2.05) is 0 Å². The summed E-state index contributed by atoms with van der Waals surface area (Å²) < 4.78 is 37.9. The molecule has 3 rings (SSSR count). The second-order valence-electron chi connectivity index (χ2n) is 6.44. The number of morpholine rings is 1. The number of ether oxygens (including phenoxy) is 2. The fraction of sp³-hybridized carbons (Fsp3) is 0.588. The predicted octanol–water partition coefficient (Wildman–Crippen LogP) is 0.150. The van der Waals surface area contributed by atoms with Crippen LogP contribution in [0.15, 0.2) is 23.1 Å². The van der Waals surface area contributed by atoms with Gasteiger partial charge in [-0.25, -0.2) is 8.42 Å². The minimum absolute atomic E-state index is 0.0192. The highest BCUT2D eigenvalue weighted by Crippen LogP contribution is 2.29. The lowest BCUT2D eigenvalue weighted by Gasteiger charge is -2.27. The molecule has 0 bridgehead atoms. The van der Waals surface area contributed by atoms with Gasteiger partial charge in [-0.2, -0.15) is 4.31 Å². The van der Waals surface area contributed by atoms with Crippen molar-refractivity contribution in [2.75, 3.05) is 53.6 Å². The first-order valence-corrected chi connectivity index (χ1v) is 10.1. The molecule has 0 spiro atoms. The molecule has 0 aliphatic carbocycles. The summed E-state index contributed by atoms with van der Waals surface area (Å²) in [6.07, 6.45) is 0.886. The average Bonchev–Trinajstić information content (AvgIpc) is 3.21. The summed E-state index contributed by atoms with van der Waals surface area (Å²) in [6.45, 7) is 2.92. The standard InChI is InChI=1S/C17H25N3O5S/c1-19(14-5-6-18-12-14)17(21)13-3-4-15(24-2)16(11-13)26(22,23)20-7-9-25-10-8-20/h3-4,11,14,18H,5-10,12H2,1-2H3. The molecule has 8 nitrogen and oxygen atoms in total. The number of amides is 1. The normalized spacial score (nSPS) is 21.5. The molecule has 0 aromatic heterocycles. The molecule has 1 unspecified atom stereocenters. The molecule has 0 saturated carbocycles. The van der Waals surface area contributed by atoms with Crippen LogP contribution < -0.4 is 10.1 Å². The fourth-order valence-corrected chi connectivity index (χ4v) is 4.87. The number of benzene rings is 1. The van der Waals surface area contributed by atoms with E-state index in [1.54, 1.807) is 24.1 Å². The van der Waals surface area contributed by atoms with Crippen LogP contribution in [0.5, 0.6) is 5.75 Å². The Kier molecular flexibility index (Phi) is 5.81. The van der Waals surface area contributed by atoms with Crippen LogP contribution in [0.3, 0.4) is 0 Å². The van der Waals surface area contributed by atoms with Gasteiger partial charge in [-0.3, -0.25) is 4.79 Å². The largest absolute Gasteiger partial charge is 0.495 e. The summed E-state index contributed by atoms with van der Waals surface area (Å²) in [5, 5.41) is 3.23. The van der Waals surface area contributed by atoms with Crippen molar-refractivity contribution in [3.05, 3.63) is 23.8 Å². The molecule has 2 aliphatic heterocycles. The second-order valence-corrected chi connectivity index (χ2v) is 8.35. The lowest BCUT2D eigenvalue weighted by molar-refractivity contribution is 0.0728. The maximum absolute atomic E-state index is 13.0. The Morgan fingerprint density at radius 3 is 2.69 bits per heavy atom. The predicted molar refractivity (Wildman–Crippen MR) is 95.9 cm³/mol. The van der Waals surface area contributed by atoms with E-state index in [4.69, 9.17) is 9.47 Å². The van der Waals surface area contributed by atoms with Crippen molar-refractivity contribution in [2.24, 2.45) is 0 Å². The number of carbonyl (C=O) groups is 1. The van der Waals surface area contributed by atoms with Crippen molar-refractivity contribution >= 4 is 15.9 Å². The third-order valence-corrected chi connectivity index (χ3v) is 6.82. The van der Waals surface area contributed by atoms with Crippen molar-refractivity contribution in [1.82, 2.24) is 14.5 Å². The highest BCUT2D eigenvalue weighted by Gasteiger charge is 2.31. The topological polar surface area (TPSA) is 88.2 Å². The molecule has 1 atom stereocenters. The lowest BCUT2D eigenvalue weighted by Crippen LogP contribution is -2.41. The Morgan fingerprint density at radius 2 is 2.08 bits per heavy atom. The third kappa shape index (κ3) is 3.71. The number of methoxy groups -OCH3 is 1. The van der Waals surface area contributed by atoms with Gasteiger partial charge in [0.15, 0.2) is 0 Å². The van der Waals surface area contributed by atoms with E-state index >= 15 is 0 Å². The first kappa shape index (κ1) is 19.1. The van der Waals surface area contributed by atoms with E-state index in [-0.39, 0.29) is 35.7 Å². The Morgan fingerprint density at radius 1 is 1.35 bits per heavy atom. The van der Waals surface area contributed by atoms with E-state index in [9.17, 15) is 13.2 Å². The van der Waals surface area contributed by atoms with Crippen LogP contribution in [-0.4, -0.2) is 83.1 Å². The molecule has 9 heteroatoms. The van der Waals surface area contributed by atoms with Crippen molar-refractivity contribution in [2.45, 2.75) is 17.4 Å². The number of likely N-dealkylation sites (N-methyl/N-ethyl adjacent to an activating group) is 1. The van der Waals surface area contributed by atoms with Crippen molar-refractivity contribution in [3.8, 4) is 5.75 Å². The monoisotopic (exact) mass is 383 g/mol. The molecule has 2 heterocycles. The first-order chi connectivity index (χ1) is 12.4. The Hall–Kier alpha value is -1.68. The molecule has 1 aromatic rings. The molecular weight excluding hydrogens is 358 g/mol. The number of hydrogen-bond acceptors (Lipinski definition) is 6. The zero-order valence-electron chi connectivity index (χ0n) is 15.1. The van der Waals surface area contributed by atoms with Gasteiger partial charge >= 0.3 is 0 Å². The van der Waals surface area contributed by atoms with Crippen LogP contribution >= 0.6 is 0 Å². The Labute approximate surface area is 154 Å². The van der Waals surface area contributed by atoms with Gasteiger partial charge in [-0.15, -0.1) is 0 Å². The van der Waals surface area contributed by atoms with Crippen LogP contribution in [0.2, 0.25) is 0 Å². The van der Waals surface area contributed by atoms with Crippen LogP contribution in [0.25, 0.3) is 0 Å². The zero-order chi connectivity index (χ0) is 18.7. The summed E-state index contributed by atoms with van der Waals surface area (Å²) in [7, 11) is -0.588.